The molecule has 0 amide bonds. The van der Waals surface area contributed by atoms with Gasteiger partial charge in [0.1, 0.15) is 0 Å². The van der Waals surface area contributed by atoms with Crippen molar-refractivity contribution in [3.8, 4) is 0 Å². The highest BCUT2D eigenvalue weighted by Crippen LogP contribution is 2.50. The van der Waals surface area contributed by atoms with Crippen LogP contribution in [0.2, 0.25) is 0 Å². The van der Waals surface area contributed by atoms with Crippen molar-refractivity contribution in [1.82, 2.24) is 4.90 Å². The van der Waals surface area contributed by atoms with Crippen molar-refractivity contribution >= 4 is 5.84 Å². The van der Waals surface area contributed by atoms with Gasteiger partial charge in [0.2, 0.25) is 0 Å². The molecule has 0 radical (unpaired) electrons. The highest BCUT2D eigenvalue weighted by atomic mass is 15.2. The van der Waals surface area contributed by atoms with E-state index in [2.05, 4.69) is 11.9 Å². The van der Waals surface area contributed by atoms with E-state index in [1.807, 2.05) is 0 Å². The van der Waals surface area contributed by atoms with E-state index < -0.39 is 0 Å². The van der Waals surface area contributed by atoms with Crippen molar-refractivity contribution in [3.63, 3.8) is 0 Å². The largest absolute Gasteiger partial charge is 0.363 e. The SMILES string of the molecule is CN1CCCCCCCCC1=NC12CCC(CC1)C2. The molecule has 3 fully saturated rings. The zero-order chi connectivity index (χ0) is 13.1. The van der Waals surface area contributed by atoms with Crippen LogP contribution in [0, 0.1) is 5.92 Å². The first kappa shape index (κ1) is 13.5. The number of fused-ring (bicyclic) bond motifs is 2. The second-order valence-electron chi connectivity index (χ2n) is 7.19. The summed E-state index contributed by atoms with van der Waals surface area (Å²) >= 11 is 0. The van der Waals surface area contributed by atoms with Gasteiger partial charge in [-0.3, -0.25) is 4.99 Å². The lowest BCUT2D eigenvalue weighted by molar-refractivity contribution is 0.396. The molecule has 2 aliphatic carbocycles. The molecule has 2 bridgehead atoms. The van der Waals surface area contributed by atoms with Crippen molar-refractivity contribution in [1.29, 1.82) is 0 Å². The predicted octanol–water partition coefficient (Wildman–Crippen LogP) is 4.39. The van der Waals surface area contributed by atoms with Crippen molar-refractivity contribution in [2.45, 2.75) is 82.6 Å². The van der Waals surface area contributed by atoms with E-state index in [0.29, 0.717) is 5.54 Å². The monoisotopic (exact) mass is 262 g/mol. The van der Waals surface area contributed by atoms with Gasteiger partial charge in [-0.1, -0.05) is 25.7 Å². The average Bonchev–Trinajstić information content (AvgIpc) is 3.00. The standard InChI is InChI=1S/C17H30N2/c1-19-13-7-5-3-2-4-6-8-16(19)18-17-11-9-15(14-17)10-12-17/h15H,2-14H2,1H3. The van der Waals surface area contributed by atoms with E-state index in [0.717, 1.165) is 5.92 Å². The molecule has 2 nitrogen and oxygen atoms in total. The topological polar surface area (TPSA) is 15.6 Å². The van der Waals surface area contributed by atoms with Gasteiger partial charge in [-0.2, -0.15) is 0 Å². The molecule has 0 aromatic heterocycles. The van der Waals surface area contributed by atoms with Gasteiger partial charge in [0.05, 0.1) is 11.4 Å². The van der Waals surface area contributed by atoms with Gasteiger partial charge in [0.25, 0.3) is 0 Å². The van der Waals surface area contributed by atoms with E-state index >= 15 is 0 Å². The minimum absolute atomic E-state index is 0.373. The molecule has 1 saturated heterocycles. The van der Waals surface area contributed by atoms with Crippen LogP contribution in [0.3, 0.4) is 0 Å². The molecule has 1 aliphatic heterocycles. The third kappa shape index (κ3) is 3.14. The predicted molar refractivity (Wildman–Crippen MR) is 81.7 cm³/mol. The Morgan fingerprint density at radius 2 is 1.68 bits per heavy atom. The summed E-state index contributed by atoms with van der Waals surface area (Å²) in [6.07, 6.45) is 16.6. The lowest BCUT2D eigenvalue weighted by Gasteiger charge is -2.29. The van der Waals surface area contributed by atoms with Crippen LogP contribution in [0.15, 0.2) is 4.99 Å². The van der Waals surface area contributed by atoms with E-state index in [-0.39, 0.29) is 0 Å². The number of amidine groups is 1. The van der Waals surface area contributed by atoms with E-state index in [1.54, 1.807) is 0 Å². The lowest BCUT2D eigenvalue weighted by atomic mass is 9.94. The first-order valence-corrected chi connectivity index (χ1v) is 8.57. The Balaban J connectivity index is 1.71. The highest BCUT2D eigenvalue weighted by molar-refractivity contribution is 5.82. The summed E-state index contributed by atoms with van der Waals surface area (Å²) in [4.78, 5) is 7.80. The summed E-state index contributed by atoms with van der Waals surface area (Å²) in [5.41, 5.74) is 0.373. The minimum Gasteiger partial charge on any atom is -0.363 e. The maximum Gasteiger partial charge on any atom is 0.0993 e. The van der Waals surface area contributed by atoms with Crippen LogP contribution >= 0.6 is 0 Å². The number of aliphatic imine (C=N–C) groups is 1. The van der Waals surface area contributed by atoms with Crippen molar-refractivity contribution in [2.75, 3.05) is 13.6 Å². The molecule has 3 rings (SSSR count). The number of rotatable bonds is 1. The Bertz CT molecular complexity index is 326. The Morgan fingerprint density at radius 1 is 1.00 bits per heavy atom. The van der Waals surface area contributed by atoms with Crippen molar-refractivity contribution < 1.29 is 0 Å². The maximum absolute atomic E-state index is 5.32. The summed E-state index contributed by atoms with van der Waals surface area (Å²) in [6.45, 7) is 1.22. The normalized spacial score (nSPS) is 38.9. The second-order valence-corrected chi connectivity index (χ2v) is 7.19. The van der Waals surface area contributed by atoms with Gasteiger partial charge in [0.15, 0.2) is 0 Å². The van der Waals surface area contributed by atoms with Gasteiger partial charge in [-0.05, 0) is 50.9 Å². The molecule has 0 unspecified atom stereocenters. The molecule has 3 aliphatic rings. The first-order valence-electron chi connectivity index (χ1n) is 8.57. The average molecular weight is 262 g/mol. The fraction of sp³-hybridized carbons (Fsp3) is 0.941. The molecule has 19 heavy (non-hydrogen) atoms. The van der Waals surface area contributed by atoms with Crippen LogP contribution < -0.4 is 0 Å². The smallest absolute Gasteiger partial charge is 0.0993 e. The quantitative estimate of drug-likeness (QED) is 0.684. The van der Waals surface area contributed by atoms with Crippen LogP contribution in [-0.4, -0.2) is 29.9 Å². The van der Waals surface area contributed by atoms with Gasteiger partial charge in [0, 0.05) is 20.0 Å². The Hall–Kier alpha value is -0.530. The summed E-state index contributed by atoms with van der Waals surface area (Å²) < 4.78 is 0. The Kier molecular flexibility index (Phi) is 4.14. The first-order chi connectivity index (χ1) is 9.27. The summed E-state index contributed by atoms with van der Waals surface area (Å²) in [7, 11) is 2.28. The molecule has 1 heterocycles. The fourth-order valence-electron chi connectivity index (χ4n) is 4.39. The number of hydrogen-bond acceptors (Lipinski definition) is 1. The molecule has 0 aromatic rings. The molecular formula is C17H30N2. The fourth-order valence-corrected chi connectivity index (χ4v) is 4.39. The minimum atomic E-state index is 0.373. The zero-order valence-corrected chi connectivity index (χ0v) is 12.7. The second kappa shape index (κ2) is 5.85. The molecule has 108 valence electrons. The third-order valence-electron chi connectivity index (χ3n) is 5.66. The molecule has 0 N–H and O–H groups in total. The van der Waals surface area contributed by atoms with Crippen LogP contribution in [0.5, 0.6) is 0 Å². The maximum atomic E-state index is 5.32. The van der Waals surface area contributed by atoms with Gasteiger partial charge in [-0.15, -0.1) is 0 Å². The molecule has 0 aromatic carbocycles. The van der Waals surface area contributed by atoms with E-state index in [4.69, 9.17) is 4.99 Å². The molecule has 2 saturated carbocycles. The van der Waals surface area contributed by atoms with Crippen LogP contribution in [0.25, 0.3) is 0 Å². The van der Waals surface area contributed by atoms with Crippen LogP contribution in [0.4, 0.5) is 0 Å². The summed E-state index contributed by atoms with van der Waals surface area (Å²) in [5, 5.41) is 0. The molecular weight excluding hydrogens is 232 g/mol. The zero-order valence-electron chi connectivity index (χ0n) is 12.7. The van der Waals surface area contributed by atoms with Gasteiger partial charge >= 0.3 is 0 Å². The molecule has 2 heteroatoms. The Morgan fingerprint density at radius 3 is 2.37 bits per heavy atom. The van der Waals surface area contributed by atoms with Crippen molar-refractivity contribution in [3.05, 3.63) is 0 Å². The summed E-state index contributed by atoms with van der Waals surface area (Å²) in [6, 6.07) is 0. The molecule has 0 spiro atoms. The van der Waals surface area contributed by atoms with Crippen molar-refractivity contribution in [2.24, 2.45) is 10.9 Å². The number of nitrogens with zero attached hydrogens (tertiary/aromatic N) is 2. The number of hydrogen-bond donors (Lipinski definition) is 0. The van der Waals surface area contributed by atoms with E-state index in [9.17, 15) is 0 Å². The summed E-state index contributed by atoms with van der Waals surface area (Å²) in [5.74, 6) is 2.44. The van der Waals surface area contributed by atoms with Crippen LogP contribution in [0.1, 0.15) is 77.0 Å². The third-order valence-corrected chi connectivity index (χ3v) is 5.66. The van der Waals surface area contributed by atoms with Gasteiger partial charge < -0.3 is 4.90 Å². The Labute approximate surface area is 118 Å². The lowest BCUT2D eigenvalue weighted by Crippen LogP contribution is -2.32. The highest BCUT2D eigenvalue weighted by Gasteiger charge is 2.45. The van der Waals surface area contributed by atoms with E-state index in [1.165, 1.54) is 89.4 Å². The molecule has 0 atom stereocenters. The van der Waals surface area contributed by atoms with Gasteiger partial charge in [-0.25, -0.2) is 0 Å². The van der Waals surface area contributed by atoms with Crippen LogP contribution in [-0.2, 0) is 0 Å².